The fraction of sp³-hybridized carbons (Fsp3) is 0.333. The molecule has 1 nitrogen and oxygen atoms in total. The van der Waals surface area contributed by atoms with Crippen molar-refractivity contribution in [3.63, 3.8) is 0 Å². The summed E-state index contributed by atoms with van der Waals surface area (Å²) in [6, 6.07) is 8.58. The third kappa shape index (κ3) is 3.08. The Morgan fingerprint density at radius 3 is 2.65 bits per heavy atom. The maximum atomic E-state index is 7.65. The van der Waals surface area contributed by atoms with E-state index in [4.69, 9.17) is 4.11 Å². The minimum absolute atomic E-state index is 0. The molecular formula is C21H24ClN. The Morgan fingerprint density at radius 1 is 1.04 bits per heavy atom. The lowest BCUT2D eigenvalue weighted by Gasteiger charge is -2.31. The molecule has 0 bridgehead atoms. The largest absolute Gasteiger partial charge is 0.306 e. The molecule has 2 atom stereocenters. The fourth-order valence-corrected chi connectivity index (χ4v) is 3.85. The number of hydrogen-bond donors (Lipinski definition) is 0. The molecule has 2 unspecified atom stereocenters. The molecule has 4 rings (SSSR count). The molecule has 0 N–H and O–H groups in total. The summed E-state index contributed by atoms with van der Waals surface area (Å²) in [6.07, 6.45) is 15.0. The van der Waals surface area contributed by atoms with Crippen molar-refractivity contribution >= 4 is 24.1 Å². The SMILES string of the molecule is Cl.[2H][13C]([2H])([2H])N1CCC(=C2c3ccccc3C=CC3C=CC=CC23)CC1. The molecule has 1 heterocycles. The highest BCUT2D eigenvalue weighted by atomic mass is 35.5. The van der Waals surface area contributed by atoms with E-state index >= 15 is 0 Å². The van der Waals surface area contributed by atoms with Gasteiger partial charge in [-0.25, -0.2) is 0 Å². The first kappa shape index (κ1) is 12.8. The number of hydrogen-bond acceptors (Lipinski definition) is 1. The van der Waals surface area contributed by atoms with Crippen LogP contribution in [0.25, 0.3) is 11.6 Å². The molecule has 1 aliphatic heterocycles. The zero-order chi connectivity index (χ0) is 17.4. The first-order valence-electron chi connectivity index (χ1n) is 9.63. The van der Waals surface area contributed by atoms with E-state index in [-0.39, 0.29) is 12.4 Å². The Hall–Kier alpha value is -1.57. The van der Waals surface area contributed by atoms with Crippen LogP contribution in [0.1, 0.15) is 28.1 Å². The average molecular weight is 330 g/mol. The van der Waals surface area contributed by atoms with Crippen molar-refractivity contribution in [3.05, 3.63) is 71.3 Å². The van der Waals surface area contributed by atoms with Gasteiger partial charge in [0.15, 0.2) is 0 Å². The van der Waals surface area contributed by atoms with Crippen LogP contribution in [0.3, 0.4) is 0 Å². The van der Waals surface area contributed by atoms with E-state index in [9.17, 15) is 0 Å². The van der Waals surface area contributed by atoms with Gasteiger partial charge < -0.3 is 4.90 Å². The van der Waals surface area contributed by atoms with E-state index in [1.54, 1.807) is 4.90 Å². The van der Waals surface area contributed by atoms with Crippen LogP contribution >= 0.6 is 12.4 Å². The number of fused-ring (bicyclic) bond motifs is 2. The van der Waals surface area contributed by atoms with E-state index in [0.717, 1.165) is 12.8 Å². The van der Waals surface area contributed by atoms with E-state index in [1.807, 2.05) is 0 Å². The molecule has 1 aromatic carbocycles. The fourth-order valence-electron chi connectivity index (χ4n) is 3.85. The summed E-state index contributed by atoms with van der Waals surface area (Å²) in [7, 11) is 0. The Labute approximate surface area is 149 Å². The first-order valence-corrected chi connectivity index (χ1v) is 8.13. The van der Waals surface area contributed by atoms with Gasteiger partial charge in [-0.2, -0.15) is 0 Å². The van der Waals surface area contributed by atoms with Crippen molar-refractivity contribution in [2.45, 2.75) is 12.8 Å². The average Bonchev–Trinajstić information content (AvgIpc) is 2.78. The second-order valence-corrected chi connectivity index (χ2v) is 6.32. The monoisotopic (exact) mass is 329 g/mol. The molecule has 0 saturated carbocycles. The third-order valence-corrected chi connectivity index (χ3v) is 5.01. The van der Waals surface area contributed by atoms with Gasteiger partial charge in [0, 0.05) is 29.0 Å². The van der Waals surface area contributed by atoms with Gasteiger partial charge in [0.2, 0.25) is 0 Å². The van der Waals surface area contributed by atoms with Gasteiger partial charge in [0.1, 0.15) is 0 Å². The summed E-state index contributed by atoms with van der Waals surface area (Å²) in [5.41, 5.74) is 5.41. The van der Waals surface area contributed by atoms with E-state index in [1.165, 1.54) is 22.3 Å². The van der Waals surface area contributed by atoms with Crippen LogP contribution in [0, 0.1) is 11.8 Å². The van der Waals surface area contributed by atoms with Crippen molar-refractivity contribution in [3.8, 4) is 0 Å². The molecule has 0 amide bonds. The van der Waals surface area contributed by atoms with Gasteiger partial charge in [-0.3, -0.25) is 0 Å². The minimum Gasteiger partial charge on any atom is -0.306 e. The zero-order valence-electron chi connectivity index (χ0n) is 16.1. The Bertz CT molecular complexity index is 779. The standard InChI is InChI=1S/C21H23N.ClH/c1-22-14-12-18(13-15-22)21-19-8-4-2-6-16(19)10-11-17-7-3-5-9-20(17)21;/h2-11,16,19H,12-15H2,1H3;1H/i1+1D3;. The molecule has 120 valence electrons. The van der Waals surface area contributed by atoms with Crippen molar-refractivity contribution in [1.82, 2.24) is 4.90 Å². The molecule has 3 aliphatic rings. The van der Waals surface area contributed by atoms with Gasteiger partial charge in [-0.1, -0.05) is 66.3 Å². The summed E-state index contributed by atoms with van der Waals surface area (Å²) in [5.74, 6) is 0.722. The topological polar surface area (TPSA) is 3.24 Å². The number of likely N-dealkylation sites (tertiary alicyclic amines) is 1. The number of halogens is 1. The van der Waals surface area contributed by atoms with Crippen molar-refractivity contribution in [1.29, 1.82) is 0 Å². The van der Waals surface area contributed by atoms with Crippen LogP contribution in [0.15, 0.2) is 60.2 Å². The smallest absolute Gasteiger partial charge is 0.0394 e. The molecule has 1 fully saturated rings. The highest BCUT2D eigenvalue weighted by Crippen LogP contribution is 2.42. The predicted octanol–water partition coefficient (Wildman–Crippen LogP) is 4.97. The van der Waals surface area contributed by atoms with Gasteiger partial charge >= 0.3 is 0 Å². The van der Waals surface area contributed by atoms with Gasteiger partial charge in [0.05, 0.1) is 0 Å². The molecule has 1 saturated heterocycles. The number of allylic oxidation sites excluding steroid dienone is 6. The van der Waals surface area contributed by atoms with Crippen molar-refractivity contribution in [2.75, 3.05) is 20.1 Å². The quantitative estimate of drug-likeness (QED) is 0.607. The highest BCUT2D eigenvalue weighted by Gasteiger charge is 2.28. The zero-order valence-corrected chi connectivity index (χ0v) is 13.9. The normalized spacial score (nSPS) is 28.8. The second kappa shape index (κ2) is 6.90. The van der Waals surface area contributed by atoms with Crippen LogP contribution in [0.4, 0.5) is 0 Å². The third-order valence-electron chi connectivity index (χ3n) is 5.01. The molecule has 0 spiro atoms. The number of rotatable bonds is 0. The van der Waals surface area contributed by atoms with Crippen LogP contribution in [0.5, 0.6) is 0 Å². The summed E-state index contributed by atoms with van der Waals surface area (Å²) in [5, 5.41) is 0. The van der Waals surface area contributed by atoms with E-state index in [2.05, 4.69) is 60.7 Å². The van der Waals surface area contributed by atoms with E-state index < -0.39 is 6.98 Å². The predicted molar refractivity (Wildman–Crippen MR) is 102 cm³/mol. The molecule has 0 radical (unpaired) electrons. The van der Waals surface area contributed by atoms with Crippen LogP contribution in [-0.4, -0.2) is 25.0 Å². The van der Waals surface area contributed by atoms with Crippen LogP contribution < -0.4 is 0 Å². The molecular weight excluding hydrogens is 303 g/mol. The minimum atomic E-state index is -1.98. The molecule has 0 aromatic heterocycles. The van der Waals surface area contributed by atoms with Gasteiger partial charge in [0.25, 0.3) is 0 Å². The molecule has 1 aromatic rings. The Kier molecular flexibility index (Phi) is 3.84. The Morgan fingerprint density at radius 2 is 1.83 bits per heavy atom. The maximum absolute atomic E-state index is 7.65. The lowest BCUT2D eigenvalue weighted by atomic mass is 9.77. The van der Waals surface area contributed by atoms with Crippen molar-refractivity contribution in [2.24, 2.45) is 11.8 Å². The van der Waals surface area contributed by atoms with Gasteiger partial charge in [-0.15, -0.1) is 12.4 Å². The summed E-state index contributed by atoms with van der Waals surface area (Å²) < 4.78 is 22.9. The van der Waals surface area contributed by atoms with E-state index in [0.29, 0.717) is 24.9 Å². The lowest BCUT2D eigenvalue weighted by Crippen LogP contribution is -2.27. The molecule has 2 heteroatoms. The number of benzene rings is 1. The van der Waals surface area contributed by atoms with Crippen LogP contribution in [-0.2, 0) is 0 Å². The van der Waals surface area contributed by atoms with Gasteiger partial charge in [-0.05, 0) is 36.5 Å². The van der Waals surface area contributed by atoms with Crippen molar-refractivity contribution < 1.29 is 4.11 Å². The Balaban J connectivity index is 0.00000196. The van der Waals surface area contributed by atoms with Crippen LogP contribution in [0.2, 0.25) is 0 Å². The number of nitrogens with zero attached hydrogens (tertiary/aromatic N) is 1. The summed E-state index contributed by atoms with van der Waals surface area (Å²) in [4.78, 5) is 1.63. The second-order valence-electron chi connectivity index (χ2n) is 6.32. The lowest BCUT2D eigenvalue weighted by molar-refractivity contribution is 0.312. The maximum Gasteiger partial charge on any atom is 0.0394 e. The summed E-state index contributed by atoms with van der Waals surface area (Å²) >= 11 is 0. The first-order chi connectivity index (χ1) is 12.0. The molecule has 2 aliphatic carbocycles. The molecule has 23 heavy (non-hydrogen) atoms. The highest BCUT2D eigenvalue weighted by molar-refractivity contribution is 5.85. The summed E-state index contributed by atoms with van der Waals surface area (Å²) in [6.45, 7) is -0.751. The number of piperidine rings is 1.